The molecule has 0 heterocycles. The second kappa shape index (κ2) is 13.8. The topological polar surface area (TPSA) is 86.8 Å². The van der Waals surface area contributed by atoms with Gasteiger partial charge in [0.15, 0.2) is 0 Å². The Labute approximate surface area is 240 Å². The van der Waals surface area contributed by atoms with Gasteiger partial charge in [-0.05, 0) is 73.9 Å². The minimum Gasteiger partial charge on any atom is -0.352 e. The first-order valence-corrected chi connectivity index (χ1v) is 14.9. The molecule has 3 aromatic rings. The smallest absolute Gasteiger partial charge is 0.264 e. The van der Waals surface area contributed by atoms with Crippen molar-refractivity contribution in [3.05, 3.63) is 94.5 Å². The van der Waals surface area contributed by atoms with Crippen LogP contribution in [-0.2, 0) is 26.2 Å². The molecule has 0 spiro atoms. The summed E-state index contributed by atoms with van der Waals surface area (Å²) in [4.78, 5) is 28.7. The SMILES string of the molecule is CC[C@@H](C)NC(=O)[C@@H](CC)N(Cc1ccc(Cl)cc1)C(=O)CN(c1ccccc1)S(=O)(=O)c1ccc(Cl)cc1. The molecule has 0 bridgehead atoms. The Morgan fingerprint density at radius 2 is 1.41 bits per heavy atom. The van der Waals surface area contributed by atoms with Gasteiger partial charge in [-0.25, -0.2) is 8.42 Å². The van der Waals surface area contributed by atoms with Crippen LogP contribution in [0.2, 0.25) is 10.0 Å². The summed E-state index contributed by atoms with van der Waals surface area (Å²) in [7, 11) is -4.14. The number of carbonyl (C=O) groups excluding carboxylic acids is 2. The lowest BCUT2D eigenvalue weighted by molar-refractivity contribution is -0.140. The standard InChI is InChI=1S/C29H33Cl2N3O4S/c1-4-21(3)32-29(36)27(5-2)33(19-22-11-13-23(30)14-12-22)28(35)20-34(25-9-7-6-8-10-25)39(37,38)26-17-15-24(31)16-18-26/h6-18,21,27H,4-5,19-20H2,1-3H3,(H,32,36)/t21-,27-/m1/s1. The molecule has 0 aromatic heterocycles. The first-order chi connectivity index (χ1) is 18.6. The van der Waals surface area contributed by atoms with E-state index in [1.807, 2.05) is 20.8 Å². The number of hydrogen-bond donors (Lipinski definition) is 1. The molecule has 2 atom stereocenters. The van der Waals surface area contributed by atoms with Crippen LogP contribution in [0.15, 0.2) is 83.8 Å². The Bertz CT molecular complexity index is 1350. The van der Waals surface area contributed by atoms with E-state index in [0.29, 0.717) is 22.2 Å². The van der Waals surface area contributed by atoms with Crippen molar-refractivity contribution in [1.82, 2.24) is 10.2 Å². The van der Waals surface area contributed by atoms with Gasteiger partial charge in [0.1, 0.15) is 12.6 Å². The summed E-state index contributed by atoms with van der Waals surface area (Å²) in [6, 6.07) is 20.3. The minimum atomic E-state index is -4.14. The molecule has 0 fully saturated rings. The third-order valence-electron chi connectivity index (χ3n) is 6.38. The van der Waals surface area contributed by atoms with E-state index in [9.17, 15) is 18.0 Å². The van der Waals surface area contributed by atoms with E-state index in [1.165, 1.54) is 29.2 Å². The summed E-state index contributed by atoms with van der Waals surface area (Å²) in [6.07, 6.45) is 1.07. The fourth-order valence-corrected chi connectivity index (χ4v) is 5.67. The van der Waals surface area contributed by atoms with Crippen LogP contribution in [0.5, 0.6) is 0 Å². The van der Waals surface area contributed by atoms with Crippen LogP contribution < -0.4 is 9.62 Å². The number of benzene rings is 3. The molecule has 10 heteroatoms. The first kappa shape index (κ1) is 30.5. The third-order valence-corrected chi connectivity index (χ3v) is 8.67. The largest absolute Gasteiger partial charge is 0.352 e. The van der Waals surface area contributed by atoms with Crippen LogP contribution in [0, 0.1) is 0 Å². The fraction of sp³-hybridized carbons (Fsp3) is 0.310. The van der Waals surface area contributed by atoms with Crippen molar-refractivity contribution in [3.63, 3.8) is 0 Å². The van der Waals surface area contributed by atoms with Crippen LogP contribution in [0.3, 0.4) is 0 Å². The lowest BCUT2D eigenvalue weighted by Crippen LogP contribution is -2.53. The van der Waals surface area contributed by atoms with Gasteiger partial charge in [-0.2, -0.15) is 0 Å². The van der Waals surface area contributed by atoms with E-state index in [4.69, 9.17) is 23.2 Å². The molecule has 0 aliphatic heterocycles. The van der Waals surface area contributed by atoms with Crippen molar-refractivity contribution in [3.8, 4) is 0 Å². The van der Waals surface area contributed by atoms with Gasteiger partial charge in [0.25, 0.3) is 10.0 Å². The molecule has 1 N–H and O–H groups in total. The predicted octanol–water partition coefficient (Wildman–Crippen LogP) is 5.91. The summed E-state index contributed by atoms with van der Waals surface area (Å²) in [5.41, 5.74) is 1.08. The fourth-order valence-electron chi connectivity index (χ4n) is 4.00. The molecule has 0 aliphatic carbocycles. The van der Waals surface area contributed by atoms with Crippen molar-refractivity contribution in [2.24, 2.45) is 0 Å². The average Bonchev–Trinajstić information content (AvgIpc) is 2.93. The molecule has 39 heavy (non-hydrogen) atoms. The van der Waals surface area contributed by atoms with Gasteiger partial charge < -0.3 is 10.2 Å². The molecule has 3 rings (SSSR count). The number of sulfonamides is 1. The number of rotatable bonds is 12. The second-order valence-electron chi connectivity index (χ2n) is 9.19. The highest BCUT2D eigenvalue weighted by molar-refractivity contribution is 7.92. The van der Waals surface area contributed by atoms with Crippen LogP contribution >= 0.6 is 23.2 Å². The molecule has 0 saturated heterocycles. The van der Waals surface area contributed by atoms with Crippen LogP contribution in [0.1, 0.15) is 39.2 Å². The molecular formula is C29H33Cl2N3O4S. The highest BCUT2D eigenvalue weighted by Gasteiger charge is 2.33. The number of nitrogens with one attached hydrogen (secondary N) is 1. The number of carbonyl (C=O) groups is 2. The van der Waals surface area contributed by atoms with Crippen molar-refractivity contribution < 1.29 is 18.0 Å². The van der Waals surface area contributed by atoms with Crippen molar-refractivity contribution >= 4 is 50.7 Å². The Morgan fingerprint density at radius 1 is 0.846 bits per heavy atom. The van der Waals surface area contributed by atoms with Crippen molar-refractivity contribution in [1.29, 1.82) is 0 Å². The lowest BCUT2D eigenvalue weighted by Gasteiger charge is -2.33. The molecule has 208 valence electrons. The quantitative estimate of drug-likeness (QED) is 0.284. The Balaban J connectivity index is 2.02. The zero-order valence-corrected chi connectivity index (χ0v) is 24.5. The molecular weight excluding hydrogens is 557 g/mol. The van der Waals surface area contributed by atoms with E-state index in [-0.39, 0.29) is 23.4 Å². The van der Waals surface area contributed by atoms with Crippen molar-refractivity contribution in [2.75, 3.05) is 10.8 Å². The normalized spacial score (nSPS) is 12.8. The van der Waals surface area contributed by atoms with Gasteiger partial charge in [-0.3, -0.25) is 13.9 Å². The zero-order chi connectivity index (χ0) is 28.6. The number of anilines is 1. The number of hydrogen-bond acceptors (Lipinski definition) is 4. The molecule has 2 amide bonds. The summed E-state index contributed by atoms with van der Waals surface area (Å²) < 4.78 is 28.6. The van der Waals surface area contributed by atoms with E-state index in [0.717, 1.165) is 16.3 Å². The molecule has 0 saturated carbocycles. The number of halogens is 2. The number of nitrogens with zero attached hydrogens (tertiary/aromatic N) is 2. The maximum Gasteiger partial charge on any atom is 0.264 e. The van der Waals surface area contributed by atoms with Gasteiger partial charge in [0.05, 0.1) is 10.6 Å². The molecule has 0 radical (unpaired) electrons. The molecule has 7 nitrogen and oxygen atoms in total. The zero-order valence-electron chi connectivity index (χ0n) is 22.2. The maximum atomic E-state index is 14.0. The Morgan fingerprint density at radius 3 is 1.95 bits per heavy atom. The van der Waals surface area contributed by atoms with Gasteiger partial charge >= 0.3 is 0 Å². The van der Waals surface area contributed by atoms with E-state index in [1.54, 1.807) is 54.6 Å². The molecule has 3 aromatic carbocycles. The van der Waals surface area contributed by atoms with Gasteiger partial charge in [0.2, 0.25) is 11.8 Å². The summed E-state index contributed by atoms with van der Waals surface area (Å²) in [6.45, 7) is 5.28. The summed E-state index contributed by atoms with van der Waals surface area (Å²) in [5.74, 6) is -0.807. The van der Waals surface area contributed by atoms with E-state index >= 15 is 0 Å². The second-order valence-corrected chi connectivity index (χ2v) is 11.9. The molecule has 0 aliphatic rings. The van der Waals surface area contributed by atoms with Crippen molar-refractivity contribution in [2.45, 2.75) is 57.1 Å². The van der Waals surface area contributed by atoms with Gasteiger partial charge in [0, 0.05) is 22.6 Å². The minimum absolute atomic E-state index is 0.00522. The highest BCUT2D eigenvalue weighted by atomic mass is 35.5. The highest BCUT2D eigenvalue weighted by Crippen LogP contribution is 2.26. The van der Waals surface area contributed by atoms with E-state index < -0.39 is 28.5 Å². The van der Waals surface area contributed by atoms with Gasteiger partial charge in [-0.15, -0.1) is 0 Å². The van der Waals surface area contributed by atoms with Gasteiger partial charge in [-0.1, -0.05) is 67.4 Å². The van der Waals surface area contributed by atoms with Crippen LogP contribution in [0.4, 0.5) is 5.69 Å². The predicted molar refractivity (Wildman–Crippen MR) is 156 cm³/mol. The summed E-state index contributed by atoms with van der Waals surface area (Å²) in [5, 5.41) is 3.90. The number of para-hydroxylation sites is 1. The maximum absolute atomic E-state index is 14.0. The number of amides is 2. The first-order valence-electron chi connectivity index (χ1n) is 12.7. The van der Waals surface area contributed by atoms with Crippen LogP contribution in [-0.4, -0.2) is 43.8 Å². The Hall–Kier alpha value is -3.07. The van der Waals surface area contributed by atoms with E-state index in [2.05, 4.69) is 5.32 Å². The molecule has 0 unspecified atom stereocenters. The summed E-state index contributed by atoms with van der Waals surface area (Å²) >= 11 is 12.0. The lowest BCUT2D eigenvalue weighted by atomic mass is 10.1. The Kier molecular flexibility index (Phi) is 10.8. The van der Waals surface area contributed by atoms with Crippen LogP contribution in [0.25, 0.3) is 0 Å². The monoisotopic (exact) mass is 589 g/mol. The average molecular weight is 591 g/mol. The third kappa shape index (κ3) is 7.97.